The van der Waals surface area contributed by atoms with Crippen LogP contribution in [0.3, 0.4) is 0 Å². The molecule has 0 aliphatic carbocycles. The predicted molar refractivity (Wildman–Crippen MR) is 121 cm³/mol. The molecule has 8 heteroatoms. The molecule has 0 radical (unpaired) electrons. The van der Waals surface area contributed by atoms with Crippen LogP contribution in [-0.4, -0.2) is 58.8 Å². The zero-order valence-corrected chi connectivity index (χ0v) is 17.9. The Labute approximate surface area is 190 Å². The number of piperazine rings is 1. The fourth-order valence-corrected chi connectivity index (χ4v) is 4.36. The number of nitrogens with zero attached hydrogens (tertiary/aromatic N) is 4. The SMILES string of the molecule is O=C(c1ccc2c(c1)OCO2)N1CCN(Cc2noc(-c3cccc4ccccc34)n2)CC1. The van der Waals surface area contributed by atoms with E-state index in [0.717, 1.165) is 29.4 Å². The van der Waals surface area contributed by atoms with Gasteiger partial charge in [-0.15, -0.1) is 0 Å². The number of ether oxygens (including phenoxy) is 2. The minimum absolute atomic E-state index is 0.00533. The summed E-state index contributed by atoms with van der Waals surface area (Å²) in [6, 6.07) is 19.6. The summed E-state index contributed by atoms with van der Waals surface area (Å²) in [7, 11) is 0. The van der Waals surface area contributed by atoms with Crippen LogP contribution in [0, 0.1) is 0 Å². The van der Waals surface area contributed by atoms with E-state index in [-0.39, 0.29) is 12.7 Å². The number of carbonyl (C=O) groups is 1. The first-order chi connectivity index (χ1) is 16.2. The normalized spacial score (nSPS) is 15.8. The van der Waals surface area contributed by atoms with Gasteiger partial charge in [0, 0.05) is 37.3 Å². The molecule has 6 rings (SSSR count). The summed E-state index contributed by atoms with van der Waals surface area (Å²) in [6.45, 7) is 3.55. The van der Waals surface area contributed by atoms with Gasteiger partial charge in [0.05, 0.1) is 6.54 Å². The van der Waals surface area contributed by atoms with Crippen molar-refractivity contribution in [1.29, 1.82) is 0 Å². The van der Waals surface area contributed by atoms with Crippen LogP contribution in [0.1, 0.15) is 16.2 Å². The predicted octanol–water partition coefficient (Wildman–Crippen LogP) is 3.58. The van der Waals surface area contributed by atoms with E-state index in [1.807, 2.05) is 29.2 Å². The van der Waals surface area contributed by atoms with E-state index in [0.29, 0.717) is 48.4 Å². The van der Waals surface area contributed by atoms with E-state index in [2.05, 4.69) is 33.2 Å². The Morgan fingerprint density at radius 3 is 2.64 bits per heavy atom. The molecule has 8 nitrogen and oxygen atoms in total. The largest absolute Gasteiger partial charge is 0.454 e. The van der Waals surface area contributed by atoms with Gasteiger partial charge in [-0.2, -0.15) is 4.98 Å². The molecule has 33 heavy (non-hydrogen) atoms. The van der Waals surface area contributed by atoms with Crippen molar-refractivity contribution >= 4 is 16.7 Å². The highest BCUT2D eigenvalue weighted by Crippen LogP contribution is 2.33. The van der Waals surface area contributed by atoms with Gasteiger partial charge in [-0.1, -0.05) is 41.6 Å². The third-order valence-electron chi connectivity index (χ3n) is 6.13. The highest BCUT2D eigenvalue weighted by atomic mass is 16.7. The molecule has 1 fully saturated rings. The number of carbonyl (C=O) groups excluding carboxylic acids is 1. The van der Waals surface area contributed by atoms with Crippen molar-refractivity contribution in [2.24, 2.45) is 0 Å². The minimum Gasteiger partial charge on any atom is -0.454 e. The van der Waals surface area contributed by atoms with Crippen LogP contribution < -0.4 is 9.47 Å². The fourth-order valence-electron chi connectivity index (χ4n) is 4.36. The third-order valence-corrected chi connectivity index (χ3v) is 6.13. The van der Waals surface area contributed by atoms with Gasteiger partial charge >= 0.3 is 0 Å². The van der Waals surface area contributed by atoms with Gasteiger partial charge in [0.15, 0.2) is 17.3 Å². The van der Waals surface area contributed by atoms with Gasteiger partial charge < -0.3 is 18.9 Å². The number of benzene rings is 3. The molecule has 0 spiro atoms. The number of hydrogen-bond donors (Lipinski definition) is 0. The monoisotopic (exact) mass is 442 g/mol. The Morgan fingerprint density at radius 2 is 1.73 bits per heavy atom. The standard InChI is InChI=1S/C25H22N4O4/c30-25(18-8-9-21-22(14-18)32-16-31-21)29-12-10-28(11-13-29)15-23-26-24(33-27-23)20-7-3-5-17-4-1-2-6-19(17)20/h1-9,14H,10-13,15-16H2. The van der Waals surface area contributed by atoms with Crippen LogP contribution in [0.25, 0.3) is 22.2 Å². The first-order valence-corrected chi connectivity index (χ1v) is 11.0. The summed E-state index contributed by atoms with van der Waals surface area (Å²) >= 11 is 0. The van der Waals surface area contributed by atoms with Crippen LogP contribution in [0.5, 0.6) is 11.5 Å². The van der Waals surface area contributed by atoms with Gasteiger partial charge in [-0.05, 0) is 35.0 Å². The molecule has 0 atom stereocenters. The number of hydrogen-bond acceptors (Lipinski definition) is 7. The van der Waals surface area contributed by atoms with Crippen LogP contribution in [0.4, 0.5) is 0 Å². The third kappa shape index (κ3) is 3.78. The molecular formula is C25H22N4O4. The smallest absolute Gasteiger partial charge is 0.258 e. The van der Waals surface area contributed by atoms with E-state index < -0.39 is 0 Å². The van der Waals surface area contributed by atoms with E-state index in [1.165, 1.54) is 0 Å². The van der Waals surface area contributed by atoms with Crippen LogP contribution in [0.2, 0.25) is 0 Å². The fraction of sp³-hybridized carbons (Fsp3) is 0.240. The van der Waals surface area contributed by atoms with Gasteiger partial charge in [0.1, 0.15) is 0 Å². The number of aromatic nitrogens is 2. The number of rotatable bonds is 4. The van der Waals surface area contributed by atoms with Gasteiger partial charge in [0.2, 0.25) is 6.79 Å². The molecule has 2 aliphatic rings. The molecule has 4 aromatic rings. The molecule has 3 aromatic carbocycles. The second-order valence-corrected chi connectivity index (χ2v) is 8.18. The van der Waals surface area contributed by atoms with E-state index in [9.17, 15) is 4.79 Å². The summed E-state index contributed by atoms with van der Waals surface area (Å²) in [5.41, 5.74) is 1.55. The molecule has 3 heterocycles. The second-order valence-electron chi connectivity index (χ2n) is 8.18. The van der Waals surface area contributed by atoms with Gasteiger partial charge in [-0.25, -0.2) is 0 Å². The summed E-state index contributed by atoms with van der Waals surface area (Å²) in [4.78, 5) is 21.6. The van der Waals surface area contributed by atoms with E-state index >= 15 is 0 Å². The molecule has 0 N–H and O–H groups in total. The lowest BCUT2D eigenvalue weighted by Crippen LogP contribution is -2.48. The first kappa shape index (κ1) is 19.8. The maximum Gasteiger partial charge on any atom is 0.258 e. The van der Waals surface area contributed by atoms with Crippen LogP contribution in [0.15, 0.2) is 65.2 Å². The highest BCUT2D eigenvalue weighted by molar-refractivity contribution is 5.95. The summed E-state index contributed by atoms with van der Waals surface area (Å²) in [5.74, 6) is 2.48. The topological polar surface area (TPSA) is 80.9 Å². The molecule has 0 unspecified atom stereocenters. The van der Waals surface area contributed by atoms with Crippen LogP contribution >= 0.6 is 0 Å². The Kier molecular flexibility index (Phi) is 4.92. The number of amides is 1. The molecule has 1 amide bonds. The van der Waals surface area contributed by atoms with E-state index in [1.54, 1.807) is 18.2 Å². The summed E-state index contributed by atoms with van der Waals surface area (Å²) in [6.07, 6.45) is 0. The zero-order chi connectivity index (χ0) is 22.2. The highest BCUT2D eigenvalue weighted by Gasteiger charge is 2.25. The van der Waals surface area contributed by atoms with Crippen molar-refractivity contribution in [2.45, 2.75) is 6.54 Å². The van der Waals surface area contributed by atoms with Crippen molar-refractivity contribution < 1.29 is 18.8 Å². The van der Waals surface area contributed by atoms with E-state index in [4.69, 9.17) is 14.0 Å². The van der Waals surface area contributed by atoms with Crippen molar-refractivity contribution in [1.82, 2.24) is 19.9 Å². The van der Waals surface area contributed by atoms with Crippen molar-refractivity contribution in [3.63, 3.8) is 0 Å². The molecular weight excluding hydrogens is 420 g/mol. The Morgan fingerprint density at radius 1 is 0.909 bits per heavy atom. The molecule has 0 bridgehead atoms. The van der Waals surface area contributed by atoms with Crippen molar-refractivity contribution in [3.05, 3.63) is 72.1 Å². The lowest BCUT2D eigenvalue weighted by atomic mass is 10.0. The van der Waals surface area contributed by atoms with Crippen molar-refractivity contribution in [2.75, 3.05) is 33.0 Å². The zero-order valence-electron chi connectivity index (χ0n) is 17.9. The summed E-state index contributed by atoms with van der Waals surface area (Å²) < 4.78 is 16.3. The Bertz CT molecular complexity index is 1320. The quantitative estimate of drug-likeness (QED) is 0.478. The molecule has 166 valence electrons. The molecule has 2 aliphatic heterocycles. The Balaban J connectivity index is 1.10. The lowest BCUT2D eigenvalue weighted by Gasteiger charge is -2.34. The average Bonchev–Trinajstić information content (AvgIpc) is 3.53. The second kappa shape index (κ2) is 8.22. The minimum atomic E-state index is 0.00533. The Hall–Kier alpha value is -3.91. The lowest BCUT2D eigenvalue weighted by molar-refractivity contribution is 0.0624. The first-order valence-electron chi connectivity index (χ1n) is 11.0. The summed E-state index contributed by atoms with van der Waals surface area (Å²) in [5, 5.41) is 6.42. The molecule has 0 saturated carbocycles. The van der Waals surface area contributed by atoms with Crippen molar-refractivity contribution in [3.8, 4) is 23.0 Å². The maximum atomic E-state index is 12.9. The van der Waals surface area contributed by atoms with Gasteiger partial charge in [-0.3, -0.25) is 9.69 Å². The van der Waals surface area contributed by atoms with Crippen LogP contribution in [-0.2, 0) is 6.54 Å². The average molecular weight is 442 g/mol. The molecule has 1 saturated heterocycles. The molecule has 1 aromatic heterocycles. The van der Waals surface area contributed by atoms with Gasteiger partial charge in [0.25, 0.3) is 11.8 Å². The maximum absolute atomic E-state index is 12.9. The number of fused-ring (bicyclic) bond motifs is 2.